The van der Waals surface area contributed by atoms with E-state index < -0.39 is 29.4 Å². The van der Waals surface area contributed by atoms with E-state index in [1.807, 2.05) is 31.2 Å². The number of ether oxygens (including phenoxy) is 2. The maximum absolute atomic E-state index is 14.7. The molecule has 3 aromatic rings. The summed E-state index contributed by atoms with van der Waals surface area (Å²) in [6, 6.07) is 11.5. The molecule has 2 aromatic carbocycles. The van der Waals surface area contributed by atoms with Gasteiger partial charge in [0, 0.05) is 17.5 Å². The molecule has 0 amide bonds. The van der Waals surface area contributed by atoms with Crippen molar-refractivity contribution < 1.29 is 23.4 Å². The maximum Gasteiger partial charge on any atom is 0.177 e. The van der Waals surface area contributed by atoms with Crippen LogP contribution in [0.1, 0.15) is 30.0 Å². The van der Waals surface area contributed by atoms with Crippen LogP contribution in [0.5, 0.6) is 0 Å². The summed E-state index contributed by atoms with van der Waals surface area (Å²) < 4.78 is 41.4. The second-order valence-corrected chi connectivity index (χ2v) is 9.33. The molecule has 2 atom stereocenters. The molecule has 36 heavy (non-hydrogen) atoms. The Morgan fingerprint density at radius 3 is 2.56 bits per heavy atom. The Hall–Kier alpha value is -3.20. The summed E-state index contributed by atoms with van der Waals surface area (Å²) in [5.74, 6) is -1.92. The van der Waals surface area contributed by atoms with Gasteiger partial charge >= 0.3 is 0 Å². The Balaban J connectivity index is 1.36. The largest absolute Gasteiger partial charge is 0.383 e. The van der Waals surface area contributed by atoms with Gasteiger partial charge in [-0.25, -0.2) is 18.4 Å². The highest BCUT2D eigenvalue weighted by molar-refractivity contribution is 5.51. The highest BCUT2D eigenvalue weighted by Crippen LogP contribution is 2.37. The first-order valence-corrected chi connectivity index (χ1v) is 12.0. The molecule has 0 radical (unpaired) electrons. The van der Waals surface area contributed by atoms with Crippen molar-refractivity contribution in [2.75, 3.05) is 13.2 Å². The fourth-order valence-electron chi connectivity index (χ4n) is 4.41. The van der Waals surface area contributed by atoms with E-state index in [0.29, 0.717) is 19.6 Å². The average molecular weight is 496 g/mol. The van der Waals surface area contributed by atoms with Crippen LogP contribution in [0.4, 0.5) is 8.78 Å². The van der Waals surface area contributed by atoms with Gasteiger partial charge in [0.1, 0.15) is 29.9 Å². The van der Waals surface area contributed by atoms with E-state index in [-0.39, 0.29) is 18.0 Å². The van der Waals surface area contributed by atoms with Crippen LogP contribution < -0.4 is 0 Å². The summed E-state index contributed by atoms with van der Waals surface area (Å²) in [5, 5.41) is 15.7. The number of benzene rings is 2. The Bertz CT molecular complexity index is 1170. The zero-order valence-electron chi connectivity index (χ0n) is 20.4. The van der Waals surface area contributed by atoms with Crippen LogP contribution in [0.2, 0.25) is 0 Å². The lowest BCUT2D eigenvalue weighted by Crippen LogP contribution is -2.42. The van der Waals surface area contributed by atoms with E-state index in [0.717, 1.165) is 17.7 Å². The van der Waals surface area contributed by atoms with Gasteiger partial charge in [0.05, 0.1) is 19.8 Å². The van der Waals surface area contributed by atoms with Gasteiger partial charge < -0.3 is 14.6 Å². The highest BCUT2D eigenvalue weighted by atomic mass is 19.1. The molecule has 1 aromatic heterocycles. The number of nitrogens with zero attached hydrogens (tertiary/aromatic N) is 3. The third-order valence-corrected chi connectivity index (χ3v) is 6.51. The van der Waals surface area contributed by atoms with E-state index in [9.17, 15) is 13.9 Å². The van der Waals surface area contributed by atoms with Gasteiger partial charge in [0.25, 0.3) is 0 Å². The molecule has 1 saturated heterocycles. The van der Waals surface area contributed by atoms with Crippen molar-refractivity contribution in [3.63, 3.8) is 0 Å². The van der Waals surface area contributed by atoms with E-state index in [2.05, 4.69) is 41.3 Å². The molecule has 6 nitrogen and oxygen atoms in total. The third-order valence-electron chi connectivity index (χ3n) is 6.51. The maximum atomic E-state index is 14.7. The molecule has 0 unspecified atom stereocenters. The molecule has 8 heteroatoms. The Kier molecular flexibility index (Phi) is 8.40. The van der Waals surface area contributed by atoms with E-state index in [4.69, 9.17) is 9.47 Å². The number of aromatic nitrogens is 3. The van der Waals surface area contributed by atoms with Gasteiger partial charge in [0.2, 0.25) is 0 Å². The van der Waals surface area contributed by atoms with Crippen LogP contribution >= 0.6 is 0 Å². The normalized spacial score (nSPS) is 21.1. The van der Waals surface area contributed by atoms with Crippen molar-refractivity contribution in [1.29, 1.82) is 0 Å². The molecule has 0 spiro atoms. The summed E-state index contributed by atoms with van der Waals surface area (Å²) in [5.41, 5.74) is 0.713. The number of halogens is 2. The molecule has 190 valence electrons. The Morgan fingerprint density at radius 1 is 1.14 bits per heavy atom. The van der Waals surface area contributed by atoms with Crippen LogP contribution in [0.15, 0.2) is 73.3 Å². The van der Waals surface area contributed by atoms with Crippen molar-refractivity contribution in [3.8, 4) is 0 Å². The van der Waals surface area contributed by atoms with Crippen molar-refractivity contribution in [3.05, 3.63) is 102 Å². The predicted molar refractivity (Wildman–Crippen MR) is 133 cm³/mol. The molecule has 1 aliphatic heterocycles. The first-order valence-electron chi connectivity index (χ1n) is 12.0. The first kappa shape index (κ1) is 25.9. The molecular formula is C28H31F2N3O3. The summed E-state index contributed by atoms with van der Waals surface area (Å²) in [6.07, 6.45) is 10.5. The summed E-state index contributed by atoms with van der Waals surface area (Å²) in [4.78, 5) is 3.91. The van der Waals surface area contributed by atoms with E-state index >= 15 is 0 Å². The van der Waals surface area contributed by atoms with Crippen LogP contribution in [0, 0.1) is 30.4 Å². The molecule has 4 rings (SSSR count). The second-order valence-electron chi connectivity index (χ2n) is 9.33. The number of aliphatic hydroxyl groups is 1. The minimum atomic E-state index is -1.64. The molecule has 0 bridgehead atoms. The number of rotatable bonds is 9. The lowest BCUT2D eigenvalue weighted by Gasteiger charge is -2.38. The van der Waals surface area contributed by atoms with Gasteiger partial charge in [-0.05, 0) is 37.0 Å². The highest BCUT2D eigenvalue weighted by Gasteiger charge is 2.40. The van der Waals surface area contributed by atoms with E-state index in [1.54, 1.807) is 0 Å². The van der Waals surface area contributed by atoms with Gasteiger partial charge in [-0.1, -0.05) is 61.0 Å². The lowest BCUT2D eigenvalue weighted by molar-refractivity contribution is -0.181. The average Bonchev–Trinajstić information content (AvgIpc) is 3.36. The summed E-state index contributed by atoms with van der Waals surface area (Å²) >= 11 is 0. The van der Waals surface area contributed by atoms with Crippen LogP contribution in [-0.2, 0) is 21.6 Å². The van der Waals surface area contributed by atoms with Crippen molar-refractivity contribution >= 4 is 6.08 Å². The molecule has 1 aliphatic rings. The van der Waals surface area contributed by atoms with Gasteiger partial charge in [-0.2, -0.15) is 5.10 Å². The molecule has 2 heterocycles. The van der Waals surface area contributed by atoms with Gasteiger partial charge in [0.15, 0.2) is 6.29 Å². The number of aryl methyl sites for hydroxylation is 1. The molecule has 0 aliphatic carbocycles. The standard InChI is InChI=1S/C28H31F2N3O3/c1-20-7-9-22(10-8-20)5-3-4-6-27-35-15-23(16-36-27)13-21(2)28(34,17-33-19-31-18-32-33)25-12-11-24(29)14-26(25)30/h3-12,14,18-19,21,23,27,34H,13,15-17H2,1-2H3/b5-3+,6-4+/t21-,23?,27?,28+/m0/s1. The smallest absolute Gasteiger partial charge is 0.177 e. The minimum absolute atomic E-state index is 0.00136. The zero-order chi connectivity index (χ0) is 25.5. The first-order chi connectivity index (χ1) is 17.3. The van der Waals surface area contributed by atoms with Crippen molar-refractivity contribution in [1.82, 2.24) is 14.8 Å². The number of hydrogen-bond donors (Lipinski definition) is 1. The van der Waals surface area contributed by atoms with Crippen LogP contribution in [0.3, 0.4) is 0 Å². The molecular weight excluding hydrogens is 464 g/mol. The number of allylic oxidation sites excluding steroid dienone is 2. The lowest BCUT2D eigenvalue weighted by atomic mass is 9.77. The van der Waals surface area contributed by atoms with Crippen LogP contribution in [-0.4, -0.2) is 39.4 Å². The summed E-state index contributed by atoms with van der Waals surface area (Å²) in [6.45, 7) is 4.74. The fraction of sp³-hybridized carbons (Fsp3) is 0.357. The fourth-order valence-corrected chi connectivity index (χ4v) is 4.41. The van der Waals surface area contributed by atoms with Crippen molar-refractivity contribution in [2.24, 2.45) is 11.8 Å². The summed E-state index contributed by atoms with van der Waals surface area (Å²) in [7, 11) is 0. The van der Waals surface area contributed by atoms with Crippen LogP contribution in [0.25, 0.3) is 6.08 Å². The third kappa shape index (κ3) is 6.51. The minimum Gasteiger partial charge on any atom is -0.383 e. The quantitative estimate of drug-likeness (QED) is 0.422. The Morgan fingerprint density at radius 2 is 1.89 bits per heavy atom. The molecule has 1 N–H and O–H groups in total. The van der Waals surface area contributed by atoms with Crippen molar-refractivity contribution in [2.45, 2.75) is 38.7 Å². The van der Waals surface area contributed by atoms with Gasteiger partial charge in [-0.15, -0.1) is 0 Å². The topological polar surface area (TPSA) is 69.4 Å². The molecule has 1 fully saturated rings. The monoisotopic (exact) mass is 495 g/mol. The van der Waals surface area contributed by atoms with Gasteiger partial charge in [-0.3, -0.25) is 0 Å². The van der Waals surface area contributed by atoms with E-state index in [1.165, 1.54) is 29.0 Å². The Labute approximate surface area is 209 Å². The predicted octanol–water partition coefficient (Wildman–Crippen LogP) is 5.04. The molecule has 0 saturated carbocycles. The SMILES string of the molecule is Cc1ccc(/C=C/C=C/C2OCC(C[C@H](C)[C@](O)(Cn3cncn3)c3ccc(F)cc3F)CO2)cc1. The second kappa shape index (κ2) is 11.7. The number of hydrogen-bond acceptors (Lipinski definition) is 5. The zero-order valence-corrected chi connectivity index (χ0v) is 20.4.